The average Bonchev–Trinajstić information content (AvgIpc) is 2.89. The summed E-state index contributed by atoms with van der Waals surface area (Å²) in [5.74, 6) is 0. The first-order valence-electron chi connectivity index (χ1n) is 7.06. The lowest BCUT2D eigenvalue weighted by Crippen LogP contribution is -2.13. The van der Waals surface area contributed by atoms with Gasteiger partial charge in [-0.05, 0) is 25.5 Å². The van der Waals surface area contributed by atoms with E-state index in [1.807, 2.05) is 16.8 Å². The maximum atomic E-state index is 11.0. The van der Waals surface area contributed by atoms with Crippen molar-refractivity contribution in [1.29, 1.82) is 0 Å². The molecule has 0 atom stereocenters. The predicted molar refractivity (Wildman–Crippen MR) is 81.2 cm³/mol. The molecule has 2 aromatic rings. The van der Waals surface area contributed by atoms with Crippen LogP contribution in [0.2, 0.25) is 0 Å². The maximum absolute atomic E-state index is 11.0. The zero-order valence-electron chi connectivity index (χ0n) is 12.4. The lowest BCUT2D eigenvalue weighted by molar-refractivity contribution is -0.385. The Hall–Kier alpha value is -2.21. The minimum absolute atomic E-state index is 0.164. The molecule has 0 amide bonds. The summed E-state index contributed by atoms with van der Waals surface area (Å²) < 4.78 is 1.95. The second-order valence-electron chi connectivity index (χ2n) is 5.03. The Balaban J connectivity index is 2.08. The molecule has 0 fully saturated rings. The van der Waals surface area contributed by atoms with Crippen LogP contribution in [0, 0.1) is 17.0 Å². The Morgan fingerprint density at radius 1 is 1.43 bits per heavy atom. The first-order chi connectivity index (χ1) is 10.1. The van der Waals surface area contributed by atoms with E-state index >= 15 is 0 Å². The van der Waals surface area contributed by atoms with Crippen LogP contribution >= 0.6 is 0 Å². The number of imidazole rings is 1. The molecule has 0 bridgehead atoms. The Morgan fingerprint density at radius 2 is 2.24 bits per heavy atom. The van der Waals surface area contributed by atoms with E-state index in [-0.39, 0.29) is 10.6 Å². The van der Waals surface area contributed by atoms with E-state index in [1.54, 1.807) is 19.3 Å². The molecule has 0 saturated heterocycles. The minimum Gasteiger partial charge on any atom is -0.333 e. The zero-order chi connectivity index (χ0) is 15.2. The number of hydrogen-bond donors (Lipinski definition) is 1. The van der Waals surface area contributed by atoms with Gasteiger partial charge in [0, 0.05) is 30.9 Å². The molecule has 0 aliphatic rings. The van der Waals surface area contributed by atoms with Crippen LogP contribution in [0.5, 0.6) is 0 Å². The molecular formula is C15H20N4O2. The predicted octanol–water partition coefficient (Wildman–Crippen LogP) is 2.65. The highest BCUT2D eigenvalue weighted by atomic mass is 16.6. The van der Waals surface area contributed by atoms with Gasteiger partial charge in [-0.25, -0.2) is 4.98 Å². The summed E-state index contributed by atoms with van der Waals surface area (Å²) in [5.41, 5.74) is 2.79. The maximum Gasteiger partial charge on any atom is 0.272 e. The molecule has 6 heteroatoms. The fraction of sp³-hybridized carbons (Fsp3) is 0.400. The molecule has 0 radical (unpaired) electrons. The Labute approximate surface area is 124 Å². The Kier molecular flexibility index (Phi) is 5.05. The second kappa shape index (κ2) is 6.99. The monoisotopic (exact) mass is 288 g/mol. The average molecular weight is 288 g/mol. The van der Waals surface area contributed by atoms with Gasteiger partial charge in [0.05, 0.1) is 16.9 Å². The van der Waals surface area contributed by atoms with Gasteiger partial charge in [0.25, 0.3) is 5.69 Å². The quantitative estimate of drug-likeness (QED) is 0.483. The molecule has 0 aliphatic carbocycles. The third-order valence-corrected chi connectivity index (χ3v) is 3.39. The van der Waals surface area contributed by atoms with Crippen LogP contribution in [0.15, 0.2) is 30.7 Å². The largest absolute Gasteiger partial charge is 0.333 e. The van der Waals surface area contributed by atoms with Crippen molar-refractivity contribution in [2.45, 2.75) is 33.4 Å². The molecule has 1 heterocycles. The lowest BCUT2D eigenvalue weighted by atomic mass is 10.1. The first-order valence-corrected chi connectivity index (χ1v) is 7.06. The van der Waals surface area contributed by atoms with E-state index < -0.39 is 0 Å². The zero-order valence-corrected chi connectivity index (χ0v) is 12.4. The van der Waals surface area contributed by atoms with Crippen molar-refractivity contribution in [3.63, 3.8) is 0 Å². The fourth-order valence-corrected chi connectivity index (χ4v) is 2.21. The molecule has 0 saturated carbocycles. The van der Waals surface area contributed by atoms with E-state index in [4.69, 9.17) is 0 Å². The smallest absolute Gasteiger partial charge is 0.272 e. The molecule has 1 aromatic carbocycles. The van der Waals surface area contributed by atoms with Gasteiger partial charge in [-0.2, -0.15) is 0 Å². The standard InChI is InChI=1S/C15H20N4O2/c1-3-7-16-8-14-10-18(11-17-14)9-13-5-4-6-15(12(13)2)19(20)21/h4-6,10-11,16H,3,7-9H2,1-2H3. The molecule has 2 rings (SSSR count). The molecule has 0 spiro atoms. The van der Waals surface area contributed by atoms with Crippen molar-refractivity contribution in [2.75, 3.05) is 6.54 Å². The summed E-state index contributed by atoms with van der Waals surface area (Å²) in [6.45, 7) is 6.21. The topological polar surface area (TPSA) is 73.0 Å². The number of aromatic nitrogens is 2. The summed E-state index contributed by atoms with van der Waals surface area (Å²) in [6.07, 6.45) is 4.83. The van der Waals surface area contributed by atoms with E-state index in [0.717, 1.165) is 30.8 Å². The normalized spacial score (nSPS) is 10.8. The second-order valence-corrected chi connectivity index (χ2v) is 5.03. The number of benzene rings is 1. The molecule has 1 aromatic heterocycles. The molecular weight excluding hydrogens is 268 g/mol. The third kappa shape index (κ3) is 3.88. The lowest BCUT2D eigenvalue weighted by Gasteiger charge is -2.06. The van der Waals surface area contributed by atoms with E-state index in [1.165, 1.54) is 6.07 Å². The van der Waals surface area contributed by atoms with Crippen molar-refractivity contribution in [1.82, 2.24) is 14.9 Å². The summed E-state index contributed by atoms with van der Waals surface area (Å²) in [6, 6.07) is 5.17. The highest BCUT2D eigenvalue weighted by molar-refractivity contribution is 5.44. The van der Waals surface area contributed by atoms with Crippen LogP contribution in [0.25, 0.3) is 0 Å². The highest BCUT2D eigenvalue weighted by Gasteiger charge is 2.13. The van der Waals surface area contributed by atoms with Crippen molar-refractivity contribution in [2.24, 2.45) is 0 Å². The Morgan fingerprint density at radius 3 is 2.95 bits per heavy atom. The first kappa shape index (κ1) is 15.2. The molecule has 6 nitrogen and oxygen atoms in total. The highest BCUT2D eigenvalue weighted by Crippen LogP contribution is 2.21. The SMILES string of the molecule is CCCNCc1cn(Cc2cccc([N+](=O)[O-])c2C)cn1. The third-order valence-electron chi connectivity index (χ3n) is 3.39. The van der Waals surface area contributed by atoms with Gasteiger partial charge in [0.15, 0.2) is 0 Å². The van der Waals surface area contributed by atoms with Crippen LogP contribution in [0.1, 0.15) is 30.2 Å². The number of nitro benzene ring substituents is 1. The van der Waals surface area contributed by atoms with Gasteiger partial charge in [-0.1, -0.05) is 19.1 Å². The van der Waals surface area contributed by atoms with Gasteiger partial charge >= 0.3 is 0 Å². The molecule has 21 heavy (non-hydrogen) atoms. The molecule has 1 N–H and O–H groups in total. The van der Waals surface area contributed by atoms with Crippen LogP contribution < -0.4 is 5.32 Å². The Bertz CT molecular complexity index is 622. The van der Waals surface area contributed by atoms with Crippen molar-refractivity contribution in [3.05, 3.63) is 57.7 Å². The van der Waals surface area contributed by atoms with Gasteiger partial charge in [-0.15, -0.1) is 0 Å². The van der Waals surface area contributed by atoms with E-state index in [9.17, 15) is 10.1 Å². The van der Waals surface area contributed by atoms with Gasteiger partial charge in [0.2, 0.25) is 0 Å². The number of rotatable bonds is 7. The van der Waals surface area contributed by atoms with Gasteiger partial charge in [0.1, 0.15) is 0 Å². The van der Waals surface area contributed by atoms with Crippen LogP contribution in [-0.4, -0.2) is 21.0 Å². The van der Waals surface area contributed by atoms with Crippen LogP contribution in [-0.2, 0) is 13.1 Å². The summed E-state index contributed by atoms with van der Waals surface area (Å²) in [4.78, 5) is 15.0. The molecule has 0 unspecified atom stereocenters. The van der Waals surface area contributed by atoms with E-state index in [2.05, 4.69) is 17.2 Å². The van der Waals surface area contributed by atoms with Crippen molar-refractivity contribution < 1.29 is 4.92 Å². The summed E-state index contributed by atoms with van der Waals surface area (Å²) >= 11 is 0. The number of hydrogen-bond acceptors (Lipinski definition) is 4. The number of nitrogens with zero attached hydrogens (tertiary/aromatic N) is 3. The van der Waals surface area contributed by atoms with Crippen molar-refractivity contribution >= 4 is 5.69 Å². The summed E-state index contributed by atoms with van der Waals surface area (Å²) in [5, 5.41) is 14.3. The van der Waals surface area contributed by atoms with Crippen LogP contribution in [0.4, 0.5) is 5.69 Å². The van der Waals surface area contributed by atoms with Gasteiger partial charge < -0.3 is 9.88 Å². The van der Waals surface area contributed by atoms with Gasteiger partial charge in [-0.3, -0.25) is 10.1 Å². The number of nitro groups is 1. The van der Waals surface area contributed by atoms with Crippen LogP contribution in [0.3, 0.4) is 0 Å². The molecule has 112 valence electrons. The number of nitrogens with one attached hydrogen (secondary N) is 1. The van der Waals surface area contributed by atoms with E-state index in [0.29, 0.717) is 12.1 Å². The van der Waals surface area contributed by atoms with Crippen molar-refractivity contribution in [3.8, 4) is 0 Å². The fourth-order valence-electron chi connectivity index (χ4n) is 2.21. The minimum atomic E-state index is -0.340. The molecule has 0 aliphatic heterocycles. The summed E-state index contributed by atoms with van der Waals surface area (Å²) in [7, 11) is 0.